The average molecular weight is 297 g/mol. The van der Waals surface area contributed by atoms with E-state index in [0.29, 0.717) is 0 Å². The Balaban J connectivity index is 2.06. The summed E-state index contributed by atoms with van der Waals surface area (Å²) in [4.78, 5) is 11.7. The number of hydrogen-bond donors (Lipinski definition) is 1. The molecule has 0 saturated carbocycles. The molecule has 2 aromatic rings. The highest BCUT2D eigenvalue weighted by Gasteiger charge is 2.18. The van der Waals surface area contributed by atoms with Gasteiger partial charge in [0.1, 0.15) is 0 Å². The third kappa shape index (κ3) is 2.97. The molecule has 22 heavy (non-hydrogen) atoms. The van der Waals surface area contributed by atoms with Crippen LogP contribution in [0.1, 0.15) is 36.1 Å². The Morgan fingerprint density at radius 3 is 2.32 bits per heavy atom. The van der Waals surface area contributed by atoms with Gasteiger partial charge in [0.2, 0.25) is 5.95 Å². The molecule has 0 radical (unpaired) electrons. The Kier molecular flexibility index (Phi) is 4.39. The molecule has 0 bridgehead atoms. The third-order valence-corrected chi connectivity index (χ3v) is 4.32. The van der Waals surface area contributed by atoms with Crippen LogP contribution in [0.15, 0.2) is 24.3 Å². The van der Waals surface area contributed by atoms with Gasteiger partial charge in [-0.1, -0.05) is 29.8 Å². The molecular weight excluding hydrogens is 274 g/mol. The van der Waals surface area contributed by atoms with Crippen molar-refractivity contribution in [2.75, 3.05) is 18.0 Å². The zero-order chi connectivity index (χ0) is 15.5. The van der Waals surface area contributed by atoms with E-state index in [-0.39, 0.29) is 6.61 Å². The number of aliphatic hydroxyl groups excluding tert-OH is 1. The average Bonchev–Trinajstić information content (AvgIpc) is 2.55. The van der Waals surface area contributed by atoms with Crippen LogP contribution >= 0.6 is 0 Å². The summed E-state index contributed by atoms with van der Waals surface area (Å²) in [6.07, 6.45) is 3.68. The van der Waals surface area contributed by atoms with Gasteiger partial charge in [0.25, 0.3) is 0 Å². The van der Waals surface area contributed by atoms with E-state index in [2.05, 4.69) is 41.1 Å². The summed E-state index contributed by atoms with van der Waals surface area (Å²) in [6, 6.07) is 8.29. The van der Waals surface area contributed by atoms with E-state index in [0.717, 1.165) is 41.6 Å². The van der Waals surface area contributed by atoms with Crippen molar-refractivity contribution in [1.29, 1.82) is 0 Å². The second-order valence-corrected chi connectivity index (χ2v) is 6.01. The minimum absolute atomic E-state index is 0.0324. The van der Waals surface area contributed by atoms with Crippen molar-refractivity contribution in [1.82, 2.24) is 9.97 Å². The van der Waals surface area contributed by atoms with Crippen molar-refractivity contribution < 1.29 is 5.11 Å². The van der Waals surface area contributed by atoms with Gasteiger partial charge >= 0.3 is 0 Å². The Morgan fingerprint density at radius 2 is 1.68 bits per heavy atom. The van der Waals surface area contributed by atoms with E-state index in [4.69, 9.17) is 4.98 Å². The number of benzene rings is 1. The Labute approximate surface area is 131 Å². The highest BCUT2D eigenvalue weighted by atomic mass is 16.3. The number of anilines is 1. The Morgan fingerprint density at radius 1 is 1.00 bits per heavy atom. The second kappa shape index (κ2) is 6.44. The number of hydrogen-bond acceptors (Lipinski definition) is 4. The quantitative estimate of drug-likeness (QED) is 0.945. The van der Waals surface area contributed by atoms with Crippen molar-refractivity contribution in [3.8, 4) is 11.3 Å². The molecule has 1 aromatic carbocycles. The number of piperidine rings is 1. The van der Waals surface area contributed by atoms with Crippen LogP contribution in [0.4, 0.5) is 5.95 Å². The maximum absolute atomic E-state index is 9.72. The lowest BCUT2D eigenvalue weighted by atomic mass is 10.0. The minimum Gasteiger partial charge on any atom is -0.392 e. The van der Waals surface area contributed by atoms with Gasteiger partial charge < -0.3 is 10.0 Å². The molecule has 1 N–H and O–H groups in total. The molecule has 0 spiro atoms. The van der Waals surface area contributed by atoms with Gasteiger partial charge in [-0.3, -0.25) is 0 Å². The molecule has 0 aliphatic carbocycles. The summed E-state index contributed by atoms with van der Waals surface area (Å²) < 4.78 is 0. The Bertz CT molecular complexity index is 646. The molecule has 0 atom stereocenters. The predicted molar refractivity (Wildman–Crippen MR) is 88.9 cm³/mol. The molecule has 1 saturated heterocycles. The zero-order valence-corrected chi connectivity index (χ0v) is 13.3. The normalized spacial score (nSPS) is 15.1. The van der Waals surface area contributed by atoms with E-state index < -0.39 is 0 Å². The lowest BCUT2D eigenvalue weighted by Crippen LogP contribution is -2.31. The van der Waals surface area contributed by atoms with Gasteiger partial charge in [-0.15, -0.1) is 0 Å². The molecular formula is C18H23N3O. The highest BCUT2D eigenvalue weighted by molar-refractivity contribution is 5.65. The smallest absolute Gasteiger partial charge is 0.226 e. The van der Waals surface area contributed by atoms with Gasteiger partial charge in [-0.25, -0.2) is 9.97 Å². The number of aromatic nitrogens is 2. The third-order valence-electron chi connectivity index (χ3n) is 4.32. The molecule has 1 aromatic heterocycles. The fourth-order valence-corrected chi connectivity index (χ4v) is 2.96. The SMILES string of the molecule is Cc1ccc(-c2nc(N3CCCCC3)nc(C)c2CO)cc1. The monoisotopic (exact) mass is 297 g/mol. The fourth-order valence-electron chi connectivity index (χ4n) is 2.96. The molecule has 1 aliphatic heterocycles. The maximum atomic E-state index is 9.72. The van der Waals surface area contributed by atoms with Crippen LogP contribution in [0.3, 0.4) is 0 Å². The first-order chi connectivity index (χ1) is 10.7. The molecule has 0 amide bonds. The summed E-state index contributed by atoms with van der Waals surface area (Å²) >= 11 is 0. The second-order valence-electron chi connectivity index (χ2n) is 6.01. The fraction of sp³-hybridized carbons (Fsp3) is 0.444. The lowest BCUT2D eigenvalue weighted by molar-refractivity contribution is 0.280. The molecule has 116 valence electrons. The first kappa shape index (κ1) is 15.0. The van der Waals surface area contributed by atoms with E-state index in [1.54, 1.807) is 0 Å². The van der Waals surface area contributed by atoms with Crippen LogP contribution < -0.4 is 4.90 Å². The molecule has 4 nitrogen and oxygen atoms in total. The van der Waals surface area contributed by atoms with Crippen molar-refractivity contribution in [2.24, 2.45) is 0 Å². The van der Waals surface area contributed by atoms with E-state index >= 15 is 0 Å². The first-order valence-corrected chi connectivity index (χ1v) is 7.99. The van der Waals surface area contributed by atoms with Gasteiger partial charge in [0, 0.05) is 29.9 Å². The number of aryl methyl sites for hydroxylation is 2. The molecule has 3 rings (SSSR count). The van der Waals surface area contributed by atoms with E-state index in [1.165, 1.54) is 24.8 Å². The van der Waals surface area contributed by atoms with Crippen LogP contribution in [-0.4, -0.2) is 28.2 Å². The maximum Gasteiger partial charge on any atom is 0.226 e. The highest BCUT2D eigenvalue weighted by Crippen LogP contribution is 2.27. The van der Waals surface area contributed by atoms with Gasteiger partial charge in [0.15, 0.2) is 0 Å². The summed E-state index contributed by atoms with van der Waals surface area (Å²) in [6.45, 7) is 6.03. The minimum atomic E-state index is -0.0324. The largest absolute Gasteiger partial charge is 0.392 e. The zero-order valence-electron chi connectivity index (χ0n) is 13.3. The number of rotatable bonds is 3. The summed E-state index contributed by atoms with van der Waals surface area (Å²) in [5.74, 6) is 0.796. The predicted octanol–water partition coefficient (Wildman–Crippen LogP) is 3.24. The van der Waals surface area contributed by atoms with Crippen LogP contribution in [0.25, 0.3) is 11.3 Å². The van der Waals surface area contributed by atoms with Crippen LogP contribution in [0.5, 0.6) is 0 Å². The summed E-state index contributed by atoms with van der Waals surface area (Å²) in [5, 5.41) is 9.72. The van der Waals surface area contributed by atoms with Gasteiger partial charge in [-0.05, 0) is 33.1 Å². The Hall–Kier alpha value is -1.94. The molecule has 1 fully saturated rings. The summed E-state index contributed by atoms with van der Waals surface area (Å²) in [5.41, 5.74) is 4.81. The number of nitrogens with zero attached hydrogens (tertiary/aromatic N) is 3. The first-order valence-electron chi connectivity index (χ1n) is 7.99. The van der Waals surface area contributed by atoms with Gasteiger partial charge in [0.05, 0.1) is 12.3 Å². The topological polar surface area (TPSA) is 49.2 Å². The van der Waals surface area contributed by atoms with Crippen LogP contribution in [-0.2, 0) is 6.61 Å². The van der Waals surface area contributed by atoms with Crippen molar-refractivity contribution >= 4 is 5.95 Å². The van der Waals surface area contributed by atoms with Crippen molar-refractivity contribution in [3.63, 3.8) is 0 Å². The lowest BCUT2D eigenvalue weighted by Gasteiger charge is -2.27. The standard InChI is InChI=1S/C18H23N3O/c1-13-6-8-15(9-7-13)17-16(12-22)14(2)19-18(20-17)21-10-4-3-5-11-21/h6-9,22H,3-5,10-12H2,1-2H3. The van der Waals surface area contributed by atoms with Gasteiger partial charge in [-0.2, -0.15) is 0 Å². The van der Waals surface area contributed by atoms with Crippen molar-refractivity contribution in [2.45, 2.75) is 39.7 Å². The van der Waals surface area contributed by atoms with Crippen molar-refractivity contribution in [3.05, 3.63) is 41.1 Å². The van der Waals surface area contributed by atoms with E-state index in [1.807, 2.05) is 6.92 Å². The molecule has 1 aliphatic rings. The molecule has 2 heterocycles. The molecule has 4 heteroatoms. The number of aliphatic hydroxyl groups is 1. The van der Waals surface area contributed by atoms with E-state index in [9.17, 15) is 5.11 Å². The summed E-state index contributed by atoms with van der Waals surface area (Å²) in [7, 11) is 0. The molecule has 0 unspecified atom stereocenters. The van der Waals surface area contributed by atoms with Crippen LogP contribution in [0, 0.1) is 13.8 Å². The van der Waals surface area contributed by atoms with Crippen LogP contribution in [0.2, 0.25) is 0 Å².